The fraction of sp³-hybridized carbons (Fsp3) is 0.500. The molecule has 1 aromatic carbocycles. The van der Waals surface area contributed by atoms with E-state index in [0.717, 1.165) is 19.4 Å². The molecule has 0 spiro atoms. The van der Waals surface area contributed by atoms with Gasteiger partial charge in [0.15, 0.2) is 0 Å². The van der Waals surface area contributed by atoms with E-state index in [-0.39, 0.29) is 20.8 Å². The van der Waals surface area contributed by atoms with Crippen LogP contribution in [-0.2, 0) is 14.8 Å². The van der Waals surface area contributed by atoms with Gasteiger partial charge >= 0.3 is 5.97 Å². The van der Waals surface area contributed by atoms with Crippen LogP contribution in [-0.4, -0.2) is 50.6 Å². The fourth-order valence-corrected chi connectivity index (χ4v) is 4.70. The van der Waals surface area contributed by atoms with Crippen LogP contribution >= 0.6 is 15.9 Å². The first-order chi connectivity index (χ1) is 10.3. The van der Waals surface area contributed by atoms with E-state index in [1.54, 1.807) is 0 Å². The third kappa shape index (κ3) is 3.87. The maximum absolute atomic E-state index is 12.6. The standard InChI is InChI=1S/C14H18BrNO5S/c1-16(8-10-3-2-6-21-9-10)22(19,20)13-5-4-11(14(17)18)7-12(13)15/h4-5,7,10H,2-3,6,8-9H2,1H3,(H,17,18). The van der Waals surface area contributed by atoms with Crippen LogP contribution in [0.2, 0.25) is 0 Å². The van der Waals surface area contributed by atoms with E-state index in [9.17, 15) is 13.2 Å². The number of carbonyl (C=O) groups is 1. The summed E-state index contributed by atoms with van der Waals surface area (Å²) in [4.78, 5) is 11.0. The van der Waals surface area contributed by atoms with Crippen molar-refractivity contribution in [3.05, 3.63) is 28.2 Å². The fourth-order valence-electron chi connectivity index (χ4n) is 2.42. The number of hydrogen-bond acceptors (Lipinski definition) is 4. The Morgan fingerprint density at radius 1 is 1.50 bits per heavy atom. The van der Waals surface area contributed by atoms with E-state index in [0.29, 0.717) is 13.2 Å². The zero-order valence-corrected chi connectivity index (χ0v) is 14.6. The Bertz CT molecular complexity index is 655. The van der Waals surface area contributed by atoms with Crippen LogP contribution in [0, 0.1) is 5.92 Å². The zero-order chi connectivity index (χ0) is 16.3. The molecule has 122 valence electrons. The lowest BCUT2D eigenvalue weighted by molar-refractivity contribution is 0.0495. The second kappa shape index (κ2) is 7.08. The summed E-state index contributed by atoms with van der Waals surface area (Å²) in [5, 5.41) is 8.93. The predicted octanol–water partition coefficient (Wildman–Crippen LogP) is 2.19. The van der Waals surface area contributed by atoms with Crippen molar-refractivity contribution in [1.82, 2.24) is 4.31 Å². The Balaban J connectivity index is 2.20. The van der Waals surface area contributed by atoms with E-state index in [1.165, 1.54) is 29.6 Å². The van der Waals surface area contributed by atoms with Gasteiger partial charge in [-0.2, -0.15) is 0 Å². The molecule has 1 aromatic rings. The molecule has 0 aromatic heterocycles. The van der Waals surface area contributed by atoms with Crippen molar-refractivity contribution in [3.8, 4) is 0 Å². The lowest BCUT2D eigenvalue weighted by Gasteiger charge is -2.27. The quantitative estimate of drug-likeness (QED) is 0.831. The summed E-state index contributed by atoms with van der Waals surface area (Å²) >= 11 is 3.15. The van der Waals surface area contributed by atoms with E-state index in [1.807, 2.05) is 0 Å². The summed E-state index contributed by atoms with van der Waals surface area (Å²) in [7, 11) is -2.14. The minimum atomic E-state index is -3.67. The molecule has 0 radical (unpaired) electrons. The van der Waals surface area contributed by atoms with Crippen LogP contribution in [0.3, 0.4) is 0 Å². The van der Waals surface area contributed by atoms with Gasteiger partial charge in [-0.25, -0.2) is 17.5 Å². The number of hydrogen-bond donors (Lipinski definition) is 1. The third-order valence-corrected chi connectivity index (χ3v) is 6.44. The second-order valence-electron chi connectivity index (χ2n) is 5.32. The van der Waals surface area contributed by atoms with Crippen LogP contribution in [0.4, 0.5) is 0 Å². The number of aromatic carboxylic acids is 1. The molecular weight excluding hydrogens is 374 g/mol. The van der Waals surface area contributed by atoms with Crippen molar-refractivity contribution < 1.29 is 23.1 Å². The normalized spacial score (nSPS) is 19.3. The molecule has 1 fully saturated rings. The molecular formula is C14H18BrNO5S. The first-order valence-corrected chi connectivity index (χ1v) is 9.12. The maximum Gasteiger partial charge on any atom is 0.335 e. The van der Waals surface area contributed by atoms with Gasteiger partial charge in [0.2, 0.25) is 10.0 Å². The smallest absolute Gasteiger partial charge is 0.335 e. The van der Waals surface area contributed by atoms with Crippen LogP contribution in [0.5, 0.6) is 0 Å². The number of rotatable bonds is 5. The summed E-state index contributed by atoms with van der Waals surface area (Å²) in [5.41, 5.74) is 0.0363. The van der Waals surface area contributed by atoms with Crippen molar-refractivity contribution in [2.24, 2.45) is 5.92 Å². The van der Waals surface area contributed by atoms with E-state index < -0.39 is 16.0 Å². The lowest BCUT2D eigenvalue weighted by atomic mass is 10.0. The molecule has 0 aliphatic carbocycles. The summed E-state index contributed by atoms with van der Waals surface area (Å²) in [5.74, 6) is -0.914. The molecule has 1 unspecified atom stereocenters. The van der Waals surface area contributed by atoms with Gasteiger partial charge < -0.3 is 9.84 Å². The maximum atomic E-state index is 12.6. The highest BCUT2D eigenvalue weighted by Crippen LogP contribution is 2.27. The molecule has 2 rings (SSSR count). The Morgan fingerprint density at radius 3 is 2.77 bits per heavy atom. The SMILES string of the molecule is CN(CC1CCCOC1)S(=O)(=O)c1ccc(C(=O)O)cc1Br. The monoisotopic (exact) mass is 391 g/mol. The Labute approximate surface area is 138 Å². The molecule has 0 bridgehead atoms. The van der Waals surface area contributed by atoms with Crippen LogP contribution in [0.1, 0.15) is 23.2 Å². The largest absolute Gasteiger partial charge is 0.478 e. The van der Waals surface area contributed by atoms with E-state index in [4.69, 9.17) is 9.84 Å². The van der Waals surface area contributed by atoms with Crippen LogP contribution in [0.25, 0.3) is 0 Å². The zero-order valence-electron chi connectivity index (χ0n) is 12.2. The van der Waals surface area contributed by atoms with Gasteiger partial charge in [-0.1, -0.05) is 0 Å². The average molecular weight is 392 g/mol. The first-order valence-electron chi connectivity index (χ1n) is 6.89. The van der Waals surface area contributed by atoms with Crippen molar-refractivity contribution >= 4 is 31.9 Å². The van der Waals surface area contributed by atoms with Crippen LogP contribution < -0.4 is 0 Å². The number of nitrogens with zero attached hydrogens (tertiary/aromatic N) is 1. The number of carboxylic acids is 1. The summed E-state index contributed by atoms with van der Waals surface area (Å²) in [6.45, 7) is 1.68. The van der Waals surface area contributed by atoms with Crippen LogP contribution in [0.15, 0.2) is 27.6 Å². The van der Waals surface area contributed by atoms with Gasteiger partial charge in [0.1, 0.15) is 0 Å². The van der Waals surface area contributed by atoms with Gasteiger partial charge in [0, 0.05) is 24.7 Å². The molecule has 1 aliphatic rings. The average Bonchev–Trinajstić information content (AvgIpc) is 2.47. The number of benzene rings is 1. The van der Waals surface area contributed by atoms with Crippen molar-refractivity contribution in [2.45, 2.75) is 17.7 Å². The van der Waals surface area contributed by atoms with E-state index in [2.05, 4.69) is 15.9 Å². The number of carboxylic acid groups (broad SMARTS) is 1. The van der Waals surface area contributed by atoms with Gasteiger partial charge in [-0.05, 0) is 52.9 Å². The molecule has 1 N–H and O–H groups in total. The molecule has 8 heteroatoms. The predicted molar refractivity (Wildman–Crippen MR) is 84.5 cm³/mol. The number of halogens is 1. The Morgan fingerprint density at radius 2 is 2.23 bits per heavy atom. The molecule has 0 amide bonds. The summed E-state index contributed by atoms with van der Waals surface area (Å²) < 4.78 is 32.1. The molecule has 1 atom stereocenters. The minimum Gasteiger partial charge on any atom is -0.478 e. The van der Waals surface area contributed by atoms with Gasteiger partial charge in [-0.15, -0.1) is 0 Å². The molecule has 0 saturated carbocycles. The highest BCUT2D eigenvalue weighted by Gasteiger charge is 2.27. The summed E-state index contributed by atoms with van der Waals surface area (Å²) in [6.07, 6.45) is 1.88. The molecule has 1 aliphatic heterocycles. The number of ether oxygens (including phenoxy) is 1. The Kier molecular flexibility index (Phi) is 5.60. The lowest BCUT2D eigenvalue weighted by Crippen LogP contribution is -2.35. The highest BCUT2D eigenvalue weighted by molar-refractivity contribution is 9.10. The topological polar surface area (TPSA) is 83.9 Å². The molecule has 1 heterocycles. The van der Waals surface area contributed by atoms with Gasteiger partial charge in [0.25, 0.3) is 0 Å². The molecule has 22 heavy (non-hydrogen) atoms. The number of sulfonamides is 1. The van der Waals surface area contributed by atoms with Gasteiger partial charge in [-0.3, -0.25) is 0 Å². The van der Waals surface area contributed by atoms with Crippen molar-refractivity contribution in [2.75, 3.05) is 26.8 Å². The van der Waals surface area contributed by atoms with Gasteiger partial charge in [0.05, 0.1) is 17.1 Å². The second-order valence-corrected chi connectivity index (χ2v) is 8.19. The Hall–Kier alpha value is -0.960. The third-order valence-electron chi connectivity index (χ3n) is 3.64. The van der Waals surface area contributed by atoms with Crippen molar-refractivity contribution in [1.29, 1.82) is 0 Å². The highest BCUT2D eigenvalue weighted by atomic mass is 79.9. The molecule has 1 saturated heterocycles. The van der Waals surface area contributed by atoms with E-state index >= 15 is 0 Å². The minimum absolute atomic E-state index is 0.0363. The van der Waals surface area contributed by atoms with Crippen molar-refractivity contribution in [3.63, 3.8) is 0 Å². The molecule has 6 nitrogen and oxygen atoms in total. The summed E-state index contributed by atoms with van der Waals surface area (Å²) in [6, 6.07) is 3.90. The first kappa shape index (κ1) is 17.4.